The van der Waals surface area contributed by atoms with Crippen LogP contribution in [0.2, 0.25) is 0 Å². The Bertz CT molecular complexity index is 329. The van der Waals surface area contributed by atoms with Crippen LogP contribution in [0.5, 0.6) is 0 Å². The molecule has 2 rings (SSSR count). The van der Waals surface area contributed by atoms with E-state index in [-0.39, 0.29) is 0 Å². The zero-order chi connectivity index (χ0) is 12.1. The van der Waals surface area contributed by atoms with Gasteiger partial charge >= 0.3 is 0 Å². The Kier molecular flexibility index (Phi) is 4.26. The van der Waals surface area contributed by atoms with Gasteiger partial charge in [0.05, 0.1) is 0 Å². The summed E-state index contributed by atoms with van der Waals surface area (Å²) in [4.78, 5) is 2.11. The predicted molar refractivity (Wildman–Crippen MR) is 72.8 cm³/mol. The van der Waals surface area contributed by atoms with Crippen LogP contribution in [0.15, 0.2) is 24.3 Å². The van der Waals surface area contributed by atoms with Gasteiger partial charge in [-0.25, -0.2) is 0 Å². The molecule has 0 amide bonds. The molecule has 0 radical (unpaired) electrons. The van der Waals surface area contributed by atoms with Crippen molar-refractivity contribution in [1.29, 1.82) is 0 Å². The monoisotopic (exact) mass is 234 g/mol. The topological polar surface area (TPSA) is 24.5 Å². The summed E-state index contributed by atoms with van der Waals surface area (Å²) < 4.78 is 5.36. The van der Waals surface area contributed by atoms with E-state index >= 15 is 0 Å². The van der Waals surface area contributed by atoms with Crippen molar-refractivity contribution in [3.8, 4) is 0 Å². The first-order valence-electron chi connectivity index (χ1n) is 6.35. The van der Waals surface area contributed by atoms with Gasteiger partial charge in [-0.1, -0.05) is 0 Å². The summed E-state index contributed by atoms with van der Waals surface area (Å²) in [7, 11) is 4.12. The third-order valence-corrected chi connectivity index (χ3v) is 3.32. The van der Waals surface area contributed by atoms with Gasteiger partial charge in [-0.2, -0.15) is 0 Å². The highest BCUT2D eigenvalue weighted by Crippen LogP contribution is 2.18. The quantitative estimate of drug-likeness (QED) is 0.866. The largest absolute Gasteiger partial charge is 0.385 e. The second kappa shape index (κ2) is 5.92. The summed E-state index contributed by atoms with van der Waals surface area (Å²) in [6.45, 7) is 2.91. The number of nitrogens with one attached hydrogen (secondary N) is 1. The molecule has 0 unspecified atom stereocenters. The fourth-order valence-corrected chi connectivity index (χ4v) is 2.09. The second-order valence-corrected chi connectivity index (χ2v) is 4.88. The number of rotatable bonds is 4. The first-order valence-corrected chi connectivity index (χ1v) is 6.35. The van der Waals surface area contributed by atoms with Gasteiger partial charge in [-0.15, -0.1) is 0 Å². The van der Waals surface area contributed by atoms with E-state index in [1.165, 1.54) is 24.2 Å². The molecule has 1 heterocycles. The van der Waals surface area contributed by atoms with Crippen LogP contribution < -0.4 is 10.2 Å². The molecular weight excluding hydrogens is 212 g/mol. The predicted octanol–water partition coefficient (Wildman–Crippen LogP) is 2.59. The maximum Gasteiger partial charge on any atom is 0.0469 e. The van der Waals surface area contributed by atoms with Crippen LogP contribution in [0.3, 0.4) is 0 Å². The molecule has 0 spiro atoms. The highest BCUT2D eigenvalue weighted by molar-refractivity contribution is 5.54. The minimum absolute atomic E-state index is 0.761. The summed E-state index contributed by atoms with van der Waals surface area (Å²) in [5.41, 5.74) is 2.45. The van der Waals surface area contributed by atoms with Crippen molar-refractivity contribution in [2.45, 2.75) is 12.8 Å². The summed E-state index contributed by atoms with van der Waals surface area (Å²) >= 11 is 0. The Morgan fingerprint density at radius 1 is 1.18 bits per heavy atom. The number of hydrogen-bond donors (Lipinski definition) is 1. The van der Waals surface area contributed by atoms with Crippen LogP contribution in [-0.4, -0.2) is 33.9 Å². The SMILES string of the molecule is CN(C)c1ccc(NCC2CCOCC2)cc1. The maximum atomic E-state index is 5.36. The molecule has 0 aromatic heterocycles. The molecule has 1 saturated heterocycles. The van der Waals surface area contributed by atoms with Crippen molar-refractivity contribution in [3.63, 3.8) is 0 Å². The Hall–Kier alpha value is -1.22. The van der Waals surface area contributed by atoms with E-state index in [2.05, 4.69) is 48.6 Å². The van der Waals surface area contributed by atoms with Crippen LogP contribution >= 0.6 is 0 Å². The second-order valence-electron chi connectivity index (χ2n) is 4.88. The fourth-order valence-electron chi connectivity index (χ4n) is 2.09. The minimum Gasteiger partial charge on any atom is -0.385 e. The zero-order valence-electron chi connectivity index (χ0n) is 10.8. The fraction of sp³-hybridized carbons (Fsp3) is 0.571. The number of hydrogen-bond acceptors (Lipinski definition) is 3. The van der Waals surface area contributed by atoms with Gasteiger partial charge in [0.15, 0.2) is 0 Å². The molecule has 94 valence electrons. The van der Waals surface area contributed by atoms with Crippen molar-refractivity contribution in [2.24, 2.45) is 5.92 Å². The minimum atomic E-state index is 0.761. The lowest BCUT2D eigenvalue weighted by Gasteiger charge is -2.22. The first-order chi connectivity index (χ1) is 8.25. The standard InChI is InChI=1S/C14H22N2O/c1-16(2)14-5-3-13(4-6-14)15-11-12-7-9-17-10-8-12/h3-6,12,15H,7-11H2,1-2H3. The van der Waals surface area contributed by atoms with E-state index in [0.29, 0.717) is 0 Å². The average Bonchev–Trinajstić information content (AvgIpc) is 2.38. The molecule has 0 bridgehead atoms. The molecule has 0 aliphatic carbocycles. The number of benzene rings is 1. The molecule has 3 heteroatoms. The molecule has 1 aliphatic heterocycles. The molecule has 0 atom stereocenters. The van der Waals surface area contributed by atoms with Gasteiger partial charge in [-0.05, 0) is 43.0 Å². The van der Waals surface area contributed by atoms with E-state index in [1.807, 2.05) is 0 Å². The average molecular weight is 234 g/mol. The smallest absolute Gasteiger partial charge is 0.0469 e. The van der Waals surface area contributed by atoms with Gasteiger partial charge < -0.3 is 15.0 Å². The molecule has 1 aromatic rings. The highest BCUT2D eigenvalue weighted by atomic mass is 16.5. The molecule has 1 aromatic carbocycles. The molecule has 0 saturated carbocycles. The first kappa shape index (κ1) is 12.2. The lowest BCUT2D eigenvalue weighted by atomic mass is 10.0. The maximum absolute atomic E-state index is 5.36. The molecule has 1 N–H and O–H groups in total. The van der Waals surface area contributed by atoms with E-state index < -0.39 is 0 Å². The molecule has 1 aliphatic rings. The Morgan fingerprint density at radius 3 is 2.41 bits per heavy atom. The molecule has 1 fully saturated rings. The van der Waals surface area contributed by atoms with Crippen molar-refractivity contribution >= 4 is 11.4 Å². The zero-order valence-corrected chi connectivity index (χ0v) is 10.8. The van der Waals surface area contributed by atoms with E-state index in [0.717, 1.165) is 25.7 Å². The number of ether oxygens (including phenoxy) is 1. The van der Waals surface area contributed by atoms with Crippen molar-refractivity contribution < 1.29 is 4.74 Å². The van der Waals surface area contributed by atoms with Gasteiger partial charge in [-0.3, -0.25) is 0 Å². The lowest BCUT2D eigenvalue weighted by Crippen LogP contribution is -2.22. The normalized spacial score (nSPS) is 16.8. The Morgan fingerprint density at radius 2 is 1.82 bits per heavy atom. The number of nitrogens with zero attached hydrogens (tertiary/aromatic N) is 1. The third kappa shape index (κ3) is 3.63. The van der Waals surface area contributed by atoms with Crippen LogP contribution in [-0.2, 0) is 4.74 Å². The Labute approximate surface area is 104 Å². The van der Waals surface area contributed by atoms with Gasteiger partial charge in [0.1, 0.15) is 0 Å². The van der Waals surface area contributed by atoms with Crippen molar-refractivity contribution in [1.82, 2.24) is 0 Å². The van der Waals surface area contributed by atoms with E-state index in [4.69, 9.17) is 4.74 Å². The van der Waals surface area contributed by atoms with Crippen molar-refractivity contribution in [3.05, 3.63) is 24.3 Å². The molecule has 3 nitrogen and oxygen atoms in total. The van der Waals surface area contributed by atoms with Crippen molar-refractivity contribution in [2.75, 3.05) is 44.1 Å². The summed E-state index contributed by atoms with van der Waals surface area (Å²) in [6, 6.07) is 8.59. The summed E-state index contributed by atoms with van der Waals surface area (Å²) in [5.74, 6) is 0.761. The van der Waals surface area contributed by atoms with Gasteiger partial charge in [0, 0.05) is 45.2 Å². The van der Waals surface area contributed by atoms with Gasteiger partial charge in [0.2, 0.25) is 0 Å². The van der Waals surface area contributed by atoms with Crippen LogP contribution in [0, 0.1) is 5.92 Å². The number of anilines is 2. The summed E-state index contributed by atoms with van der Waals surface area (Å²) in [5, 5.41) is 3.51. The highest BCUT2D eigenvalue weighted by Gasteiger charge is 2.12. The Balaban J connectivity index is 1.82. The van der Waals surface area contributed by atoms with E-state index in [1.54, 1.807) is 0 Å². The van der Waals surface area contributed by atoms with Gasteiger partial charge in [0.25, 0.3) is 0 Å². The van der Waals surface area contributed by atoms with Crippen LogP contribution in [0.25, 0.3) is 0 Å². The third-order valence-electron chi connectivity index (χ3n) is 3.32. The van der Waals surface area contributed by atoms with Crippen LogP contribution in [0.1, 0.15) is 12.8 Å². The molecular formula is C14H22N2O. The van der Waals surface area contributed by atoms with E-state index in [9.17, 15) is 0 Å². The van der Waals surface area contributed by atoms with Crippen LogP contribution in [0.4, 0.5) is 11.4 Å². The molecule has 17 heavy (non-hydrogen) atoms. The summed E-state index contributed by atoms with van der Waals surface area (Å²) in [6.07, 6.45) is 2.37. The lowest BCUT2D eigenvalue weighted by molar-refractivity contribution is 0.0699.